The molecule has 21 heavy (non-hydrogen) atoms. The number of hydrogen-bond acceptors (Lipinski definition) is 4. The Morgan fingerprint density at radius 3 is 2.48 bits per heavy atom. The zero-order valence-electron chi connectivity index (χ0n) is 12.0. The van der Waals surface area contributed by atoms with Crippen LogP contribution >= 0.6 is 0 Å². The van der Waals surface area contributed by atoms with Crippen molar-refractivity contribution >= 4 is 5.82 Å². The highest BCUT2D eigenvalue weighted by Gasteiger charge is 2.34. The molecule has 1 aromatic heterocycles. The van der Waals surface area contributed by atoms with Crippen LogP contribution in [0.4, 0.5) is 19.0 Å². The third-order valence-electron chi connectivity index (χ3n) is 4.10. The predicted molar refractivity (Wildman–Crippen MR) is 72.9 cm³/mol. The van der Waals surface area contributed by atoms with E-state index in [4.69, 9.17) is 4.74 Å². The van der Waals surface area contributed by atoms with E-state index in [1.165, 1.54) is 18.9 Å². The first kappa shape index (κ1) is 16.0. The Labute approximate surface area is 122 Å². The number of nitrogens with one attached hydrogen (secondary N) is 1. The summed E-state index contributed by atoms with van der Waals surface area (Å²) in [6.07, 6.45) is 1.09. The normalized spacial score (nSPS) is 17.9. The Balaban J connectivity index is 1.94. The molecule has 1 aliphatic carbocycles. The van der Waals surface area contributed by atoms with Gasteiger partial charge >= 0.3 is 6.18 Å². The first-order valence-corrected chi connectivity index (χ1v) is 7.09. The van der Waals surface area contributed by atoms with Gasteiger partial charge < -0.3 is 10.1 Å². The number of rotatable bonds is 6. The van der Waals surface area contributed by atoms with Gasteiger partial charge in [0.05, 0.1) is 0 Å². The maximum absolute atomic E-state index is 12.4. The van der Waals surface area contributed by atoms with E-state index in [1.54, 1.807) is 7.11 Å². The molecule has 7 heteroatoms. The van der Waals surface area contributed by atoms with Gasteiger partial charge in [-0.15, -0.1) is 10.2 Å². The van der Waals surface area contributed by atoms with Gasteiger partial charge in [-0.1, -0.05) is 12.8 Å². The van der Waals surface area contributed by atoms with Crippen molar-refractivity contribution in [2.24, 2.45) is 5.41 Å². The number of alkyl halides is 3. The van der Waals surface area contributed by atoms with Crippen LogP contribution in [-0.4, -0.2) is 30.5 Å². The summed E-state index contributed by atoms with van der Waals surface area (Å²) in [6.45, 7) is 1.39. The highest BCUT2D eigenvalue weighted by molar-refractivity contribution is 5.33. The lowest BCUT2D eigenvalue weighted by Gasteiger charge is -2.29. The van der Waals surface area contributed by atoms with Gasteiger partial charge in [-0.05, 0) is 36.8 Å². The van der Waals surface area contributed by atoms with Gasteiger partial charge in [-0.25, -0.2) is 0 Å². The molecule has 4 nitrogen and oxygen atoms in total. The van der Waals surface area contributed by atoms with Gasteiger partial charge in [-0.3, -0.25) is 0 Å². The fourth-order valence-corrected chi connectivity index (χ4v) is 2.81. The molecular formula is C14H20F3N3O. The molecule has 0 aliphatic heterocycles. The predicted octanol–water partition coefficient (Wildman–Crippen LogP) is 3.50. The van der Waals surface area contributed by atoms with Gasteiger partial charge in [0.25, 0.3) is 0 Å². The average Bonchev–Trinajstić information content (AvgIpc) is 2.92. The second kappa shape index (κ2) is 6.60. The minimum absolute atomic E-state index is 0.153. The quantitative estimate of drug-likeness (QED) is 0.873. The fraction of sp³-hybridized carbons (Fsp3) is 0.714. The van der Waals surface area contributed by atoms with E-state index in [9.17, 15) is 13.2 Å². The van der Waals surface area contributed by atoms with Gasteiger partial charge in [0.2, 0.25) is 0 Å². The fourth-order valence-electron chi connectivity index (χ4n) is 2.81. The van der Waals surface area contributed by atoms with Crippen molar-refractivity contribution in [3.05, 3.63) is 17.8 Å². The molecule has 0 atom stereocenters. The van der Waals surface area contributed by atoms with Crippen molar-refractivity contribution in [3.63, 3.8) is 0 Å². The minimum Gasteiger partial charge on any atom is -0.385 e. The maximum atomic E-state index is 12.4. The second-order valence-electron chi connectivity index (χ2n) is 5.61. The second-order valence-corrected chi connectivity index (χ2v) is 5.61. The zero-order chi connectivity index (χ0) is 15.3. The Hall–Kier alpha value is -1.37. The van der Waals surface area contributed by atoms with Crippen molar-refractivity contribution in [2.75, 3.05) is 25.6 Å². The number of anilines is 1. The summed E-state index contributed by atoms with van der Waals surface area (Å²) in [5.74, 6) is 0.381. The number of ether oxygens (including phenoxy) is 1. The summed E-state index contributed by atoms with van der Waals surface area (Å²) >= 11 is 0. The van der Waals surface area contributed by atoms with Gasteiger partial charge in [0.1, 0.15) is 5.82 Å². The van der Waals surface area contributed by atoms with E-state index in [-0.39, 0.29) is 5.41 Å². The van der Waals surface area contributed by atoms with Crippen LogP contribution in [0.25, 0.3) is 0 Å². The van der Waals surface area contributed by atoms with Crippen LogP contribution in [0, 0.1) is 5.41 Å². The molecule has 2 rings (SSSR count). The smallest absolute Gasteiger partial charge is 0.385 e. The molecule has 0 radical (unpaired) electrons. The Bertz CT molecular complexity index is 442. The molecule has 0 aromatic carbocycles. The number of halogens is 3. The highest BCUT2D eigenvalue weighted by atomic mass is 19.4. The molecule has 118 valence electrons. The standard InChI is InChI=1S/C14H20F3N3O/c1-21-9-8-13(6-2-3-7-13)10-18-12-5-4-11(19-20-12)14(15,16)17/h4-5H,2-3,6-10H2,1H3,(H,18,20). The van der Waals surface area contributed by atoms with Gasteiger partial charge in [-0.2, -0.15) is 13.2 Å². The SMILES string of the molecule is COCCC1(CNc2ccc(C(F)(F)F)nn2)CCCC1. The number of aromatic nitrogens is 2. The summed E-state index contributed by atoms with van der Waals surface area (Å²) < 4.78 is 42.4. The average molecular weight is 303 g/mol. The molecule has 0 unspecified atom stereocenters. The third-order valence-corrected chi connectivity index (χ3v) is 4.10. The van der Waals surface area contributed by atoms with Crippen molar-refractivity contribution in [1.29, 1.82) is 0 Å². The van der Waals surface area contributed by atoms with E-state index in [2.05, 4.69) is 15.5 Å². The van der Waals surface area contributed by atoms with Gasteiger partial charge in [0.15, 0.2) is 5.69 Å². The van der Waals surface area contributed by atoms with Crippen LogP contribution in [0.15, 0.2) is 12.1 Å². The summed E-state index contributed by atoms with van der Waals surface area (Å²) in [5, 5.41) is 9.94. The Morgan fingerprint density at radius 2 is 1.95 bits per heavy atom. The van der Waals surface area contributed by atoms with Gasteiger partial charge in [0, 0.05) is 20.3 Å². The molecule has 0 amide bonds. The molecule has 1 heterocycles. The van der Waals surface area contributed by atoms with E-state index in [0.717, 1.165) is 25.3 Å². The molecule has 0 spiro atoms. The van der Waals surface area contributed by atoms with E-state index in [0.29, 0.717) is 19.0 Å². The molecule has 1 saturated carbocycles. The van der Waals surface area contributed by atoms with Crippen LogP contribution in [0.1, 0.15) is 37.8 Å². The van der Waals surface area contributed by atoms with Crippen molar-refractivity contribution in [3.8, 4) is 0 Å². The van der Waals surface area contributed by atoms with Crippen molar-refractivity contribution < 1.29 is 17.9 Å². The number of hydrogen-bond donors (Lipinski definition) is 1. The van der Waals surface area contributed by atoms with E-state index >= 15 is 0 Å². The van der Waals surface area contributed by atoms with Crippen LogP contribution in [0.2, 0.25) is 0 Å². The van der Waals surface area contributed by atoms with Crippen molar-refractivity contribution in [2.45, 2.75) is 38.3 Å². The largest absolute Gasteiger partial charge is 0.435 e. The topological polar surface area (TPSA) is 47.0 Å². The first-order chi connectivity index (χ1) is 9.95. The maximum Gasteiger partial charge on any atom is 0.435 e. The van der Waals surface area contributed by atoms with Crippen molar-refractivity contribution in [1.82, 2.24) is 10.2 Å². The highest BCUT2D eigenvalue weighted by Crippen LogP contribution is 2.41. The summed E-state index contributed by atoms with van der Waals surface area (Å²) in [5.41, 5.74) is -0.816. The van der Waals surface area contributed by atoms with E-state index in [1.807, 2.05) is 0 Å². The molecule has 1 fully saturated rings. The summed E-state index contributed by atoms with van der Waals surface area (Å²) in [7, 11) is 1.68. The summed E-state index contributed by atoms with van der Waals surface area (Å²) in [4.78, 5) is 0. The van der Waals surface area contributed by atoms with Crippen LogP contribution in [0.5, 0.6) is 0 Å². The lowest BCUT2D eigenvalue weighted by Crippen LogP contribution is -2.28. The zero-order valence-corrected chi connectivity index (χ0v) is 12.0. The minimum atomic E-state index is -4.45. The van der Waals surface area contributed by atoms with Crippen LogP contribution < -0.4 is 5.32 Å². The molecule has 0 saturated heterocycles. The lowest BCUT2D eigenvalue weighted by atomic mass is 9.83. The molecular weight excluding hydrogens is 283 g/mol. The third kappa shape index (κ3) is 4.30. The molecule has 0 bridgehead atoms. The Morgan fingerprint density at radius 1 is 1.24 bits per heavy atom. The molecule has 1 aromatic rings. The molecule has 1 N–H and O–H groups in total. The lowest BCUT2D eigenvalue weighted by molar-refractivity contribution is -0.141. The van der Waals surface area contributed by atoms with Crippen LogP contribution in [0.3, 0.4) is 0 Å². The number of methoxy groups -OCH3 is 1. The first-order valence-electron chi connectivity index (χ1n) is 7.09. The molecule has 1 aliphatic rings. The summed E-state index contributed by atoms with van der Waals surface area (Å²) in [6, 6.07) is 2.28. The van der Waals surface area contributed by atoms with E-state index < -0.39 is 11.9 Å². The van der Waals surface area contributed by atoms with Crippen LogP contribution in [-0.2, 0) is 10.9 Å². The monoisotopic (exact) mass is 303 g/mol. The number of nitrogens with zero attached hydrogens (tertiary/aromatic N) is 2. The Kier molecular flexibility index (Phi) is 5.03.